The minimum Gasteiger partial charge on any atom is -0.486 e. The molecule has 0 radical (unpaired) electrons. The molecule has 1 saturated heterocycles. The number of nitrogens with zero attached hydrogens (tertiary/aromatic N) is 2. The van der Waals surface area contributed by atoms with E-state index in [4.69, 9.17) is 23.9 Å². The molecule has 1 aromatic carbocycles. The van der Waals surface area contributed by atoms with Gasteiger partial charge in [-0.15, -0.1) is 0 Å². The Balaban J connectivity index is 1.39. The smallest absolute Gasteiger partial charge is 0.226 e. The fourth-order valence-corrected chi connectivity index (χ4v) is 4.49. The van der Waals surface area contributed by atoms with Crippen LogP contribution < -0.4 is 19.5 Å². The lowest BCUT2D eigenvalue weighted by atomic mass is 9.87. The third-order valence-corrected chi connectivity index (χ3v) is 6.39. The van der Waals surface area contributed by atoms with Gasteiger partial charge in [0, 0.05) is 18.8 Å². The molecule has 7 heteroatoms. The van der Waals surface area contributed by atoms with Gasteiger partial charge in [0.05, 0.1) is 11.7 Å². The van der Waals surface area contributed by atoms with Crippen LogP contribution >= 0.6 is 0 Å². The SMILES string of the molecule is CC1CCC(Nc2ncc(-c3ccc4c(c3)OCCO4)c(OC[C@H]3CCCO3)n2)CC1. The highest BCUT2D eigenvalue weighted by Gasteiger charge is 2.22. The van der Waals surface area contributed by atoms with Gasteiger partial charge in [-0.25, -0.2) is 4.98 Å². The van der Waals surface area contributed by atoms with Crippen molar-refractivity contribution in [3.63, 3.8) is 0 Å². The van der Waals surface area contributed by atoms with Gasteiger partial charge in [-0.05, 0) is 62.1 Å². The van der Waals surface area contributed by atoms with Crippen LogP contribution in [0, 0.1) is 5.92 Å². The lowest BCUT2D eigenvalue weighted by Crippen LogP contribution is -2.26. The third-order valence-electron chi connectivity index (χ3n) is 6.39. The Hall–Kier alpha value is -2.54. The van der Waals surface area contributed by atoms with Gasteiger partial charge in [0.2, 0.25) is 11.8 Å². The van der Waals surface area contributed by atoms with E-state index in [0.29, 0.717) is 37.7 Å². The molecule has 0 spiro atoms. The van der Waals surface area contributed by atoms with Gasteiger partial charge in [0.15, 0.2) is 11.5 Å². The molecule has 0 bridgehead atoms. The zero-order valence-corrected chi connectivity index (χ0v) is 18.1. The van der Waals surface area contributed by atoms with Crippen molar-refractivity contribution < 1.29 is 18.9 Å². The Morgan fingerprint density at radius 1 is 1.03 bits per heavy atom. The molecule has 0 unspecified atom stereocenters. The Labute approximate surface area is 183 Å². The summed E-state index contributed by atoms with van der Waals surface area (Å²) in [6.45, 7) is 4.75. The largest absolute Gasteiger partial charge is 0.486 e. The van der Waals surface area contributed by atoms with E-state index >= 15 is 0 Å². The number of aromatic nitrogens is 2. The van der Waals surface area contributed by atoms with Gasteiger partial charge < -0.3 is 24.3 Å². The number of rotatable bonds is 6. The van der Waals surface area contributed by atoms with Crippen LogP contribution in [-0.2, 0) is 4.74 Å². The summed E-state index contributed by atoms with van der Waals surface area (Å²) in [5, 5.41) is 3.52. The zero-order valence-electron chi connectivity index (χ0n) is 18.1. The fourth-order valence-electron chi connectivity index (χ4n) is 4.49. The van der Waals surface area contributed by atoms with Gasteiger partial charge in [-0.2, -0.15) is 4.98 Å². The summed E-state index contributed by atoms with van der Waals surface area (Å²) < 4.78 is 23.3. The predicted molar refractivity (Wildman–Crippen MR) is 118 cm³/mol. The highest BCUT2D eigenvalue weighted by Crippen LogP contribution is 2.37. The molecule has 7 nitrogen and oxygen atoms in total. The minimum absolute atomic E-state index is 0.124. The first-order chi connectivity index (χ1) is 15.2. The Morgan fingerprint density at radius 2 is 1.87 bits per heavy atom. The molecule has 3 heterocycles. The van der Waals surface area contributed by atoms with Crippen LogP contribution in [0.3, 0.4) is 0 Å². The van der Waals surface area contributed by atoms with Gasteiger partial charge >= 0.3 is 0 Å². The van der Waals surface area contributed by atoms with Crippen LogP contribution in [-0.4, -0.2) is 48.5 Å². The second-order valence-electron chi connectivity index (χ2n) is 8.82. The first-order valence-corrected chi connectivity index (χ1v) is 11.5. The highest BCUT2D eigenvalue weighted by atomic mass is 16.6. The lowest BCUT2D eigenvalue weighted by Gasteiger charge is -2.27. The van der Waals surface area contributed by atoms with E-state index in [-0.39, 0.29) is 6.10 Å². The summed E-state index contributed by atoms with van der Waals surface area (Å²) in [5.74, 6) is 3.52. The molecule has 1 N–H and O–H groups in total. The maximum absolute atomic E-state index is 6.18. The van der Waals surface area contributed by atoms with Crippen molar-refractivity contribution >= 4 is 5.95 Å². The first kappa shape index (κ1) is 20.4. The molecule has 166 valence electrons. The van der Waals surface area contributed by atoms with Crippen LogP contribution in [0.15, 0.2) is 24.4 Å². The topological polar surface area (TPSA) is 74.7 Å². The number of ether oxygens (including phenoxy) is 4. The van der Waals surface area contributed by atoms with E-state index in [1.807, 2.05) is 24.4 Å². The quantitative estimate of drug-likeness (QED) is 0.732. The summed E-state index contributed by atoms with van der Waals surface area (Å²) in [5.41, 5.74) is 1.79. The average Bonchev–Trinajstić information content (AvgIpc) is 3.33. The van der Waals surface area contributed by atoms with E-state index in [2.05, 4.69) is 17.2 Å². The average molecular weight is 426 g/mol. The maximum atomic E-state index is 6.18. The van der Waals surface area contributed by atoms with E-state index in [1.54, 1.807) is 0 Å². The molecule has 2 aromatic rings. The second-order valence-corrected chi connectivity index (χ2v) is 8.82. The van der Waals surface area contributed by atoms with Crippen molar-refractivity contribution in [2.45, 2.75) is 57.6 Å². The fraction of sp³-hybridized carbons (Fsp3) is 0.583. The van der Waals surface area contributed by atoms with E-state index in [0.717, 1.165) is 60.8 Å². The molecular weight excluding hydrogens is 394 g/mol. The van der Waals surface area contributed by atoms with Crippen molar-refractivity contribution in [1.29, 1.82) is 0 Å². The Bertz CT molecular complexity index is 892. The summed E-state index contributed by atoms with van der Waals surface area (Å²) in [6, 6.07) is 6.33. The van der Waals surface area contributed by atoms with Crippen LogP contribution in [0.1, 0.15) is 45.4 Å². The number of nitrogens with one attached hydrogen (secondary N) is 1. The van der Waals surface area contributed by atoms with E-state index in [9.17, 15) is 0 Å². The monoisotopic (exact) mass is 425 g/mol. The van der Waals surface area contributed by atoms with E-state index in [1.165, 1.54) is 12.8 Å². The molecule has 1 saturated carbocycles. The molecule has 2 aliphatic heterocycles. The van der Waals surface area contributed by atoms with Crippen molar-refractivity contribution in [2.24, 2.45) is 5.92 Å². The lowest BCUT2D eigenvalue weighted by molar-refractivity contribution is 0.0665. The summed E-state index contributed by atoms with van der Waals surface area (Å²) >= 11 is 0. The van der Waals surface area contributed by atoms with Crippen LogP contribution in [0.5, 0.6) is 17.4 Å². The molecule has 1 aliphatic carbocycles. The Kier molecular flexibility index (Phi) is 6.11. The molecule has 1 aromatic heterocycles. The number of hydrogen-bond donors (Lipinski definition) is 1. The second kappa shape index (κ2) is 9.30. The molecule has 2 fully saturated rings. The molecule has 3 aliphatic rings. The molecule has 0 amide bonds. The van der Waals surface area contributed by atoms with Crippen LogP contribution in [0.25, 0.3) is 11.1 Å². The van der Waals surface area contributed by atoms with Gasteiger partial charge in [-0.1, -0.05) is 13.0 Å². The summed E-state index contributed by atoms with van der Waals surface area (Å²) in [7, 11) is 0. The van der Waals surface area contributed by atoms with Gasteiger partial charge in [-0.3, -0.25) is 0 Å². The third kappa shape index (κ3) is 4.87. The van der Waals surface area contributed by atoms with Crippen LogP contribution in [0.4, 0.5) is 5.95 Å². The maximum Gasteiger partial charge on any atom is 0.226 e. The standard InChI is InChI=1S/C24H31N3O4/c1-16-4-7-18(8-5-16)26-24-25-14-20(23(27-24)31-15-19-3-2-10-28-19)17-6-9-21-22(13-17)30-12-11-29-21/h6,9,13-14,16,18-19H,2-5,7-8,10-12,15H2,1H3,(H,25,26,27)/t16?,18?,19-/m1/s1. The zero-order chi connectivity index (χ0) is 21.0. The summed E-state index contributed by atoms with van der Waals surface area (Å²) in [6.07, 6.45) is 8.87. The summed E-state index contributed by atoms with van der Waals surface area (Å²) in [4.78, 5) is 9.38. The molecular formula is C24H31N3O4. The number of benzene rings is 1. The number of anilines is 1. The number of hydrogen-bond acceptors (Lipinski definition) is 7. The van der Waals surface area contributed by atoms with Gasteiger partial charge in [0.25, 0.3) is 0 Å². The van der Waals surface area contributed by atoms with E-state index < -0.39 is 0 Å². The van der Waals surface area contributed by atoms with Crippen molar-refractivity contribution in [3.05, 3.63) is 24.4 Å². The molecule has 5 rings (SSSR count). The van der Waals surface area contributed by atoms with Crippen LogP contribution in [0.2, 0.25) is 0 Å². The van der Waals surface area contributed by atoms with Crippen molar-refractivity contribution in [3.8, 4) is 28.5 Å². The molecule has 31 heavy (non-hydrogen) atoms. The van der Waals surface area contributed by atoms with Crippen molar-refractivity contribution in [2.75, 3.05) is 31.7 Å². The Morgan fingerprint density at radius 3 is 2.68 bits per heavy atom. The van der Waals surface area contributed by atoms with Crippen molar-refractivity contribution in [1.82, 2.24) is 9.97 Å². The normalized spacial score (nSPS) is 25.3. The number of fused-ring (bicyclic) bond motifs is 1. The predicted octanol–water partition coefficient (Wildman–Crippen LogP) is 4.46. The highest BCUT2D eigenvalue weighted by molar-refractivity contribution is 5.71. The minimum atomic E-state index is 0.124. The first-order valence-electron chi connectivity index (χ1n) is 11.5. The molecule has 1 atom stereocenters. The van der Waals surface area contributed by atoms with Gasteiger partial charge in [0.1, 0.15) is 19.8 Å².